The second-order valence-corrected chi connectivity index (χ2v) is 6.31. The predicted molar refractivity (Wildman–Crippen MR) is 63.6 cm³/mol. The van der Waals surface area contributed by atoms with E-state index < -0.39 is 30.0 Å². The molecule has 2 aromatic rings. The molecule has 0 heterocycles. The van der Waals surface area contributed by atoms with Crippen molar-refractivity contribution in [2.24, 2.45) is 0 Å². The molecular formula is C10H8FeO6S2. The van der Waals surface area contributed by atoms with Crippen molar-refractivity contribution >= 4 is 31.0 Å². The van der Waals surface area contributed by atoms with Gasteiger partial charge in [-0.05, 0) is 11.5 Å². The van der Waals surface area contributed by atoms with Gasteiger partial charge in [-0.2, -0.15) is 16.8 Å². The Morgan fingerprint density at radius 2 is 1.37 bits per heavy atom. The van der Waals surface area contributed by atoms with Crippen molar-refractivity contribution in [3.8, 4) is 0 Å². The molecule has 0 atom stereocenters. The van der Waals surface area contributed by atoms with Gasteiger partial charge < -0.3 is 0 Å². The monoisotopic (exact) mass is 344 g/mol. The molecule has 19 heavy (non-hydrogen) atoms. The van der Waals surface area contributed by atoms with Crippen LogP contribution in [0.5, 0.6) is 0 Å². The van der Waals surface area contributed by atoms with Crippen molar-refractivity contribution in [3.63, 3.8) is 0 Å². The molecule has 0 saturated heterocycles. The van der Waals surface area contributed by atoms with E-state index in [1.807, 2.05) is 0 Å². The van der Waals surface area contributed by atoms with Crippen LogP contribution in [-0.4, -0.2) is 25.9 Å². The summed E-state index contributed by atoms with van der Waals surface area (Å²) in [5.74, 6) is 0. The molecule has 9 heteroatoms. The molecule has 0 aliphatic rings. The summed E-state index contributed by atoms with van der Waals surface area (Å²) in [5, 5.41) is 0.452. The fraction of sp³-hybridized carbons (Fsp3) is 0. The average molecular weight is 344 g/mol. The van der Waals surface area contributed by atoms with Crippen LogP contribution in [0.25, 0.3) is 10.8 Å². The first kappa shape index (κ1) is 16.1. The Bertz CT molecular complexity index is 826. The quantitative estimate of drug-likeness (QED) is 0.628. The van der Waals surface area contributed by atoms with Gasteiger partial charge in [-0.1, -0.05) is 30.3 Å². The van der Waals surface area contributed by atoms with Gasteiger partial charge >= 0.3 is 0 Å². The average Bonchev–Trinajstić information content (AvgIpc) is 2.24. The minimum absolute atomic E-state index is 0. The van der Waals surface area contributed by atoms with Gasteiger partial charge in [-0.25, -0.2) is 0 Å². The van der Waals surface area contributed by atoms with Crippen LogP contribution in [0.2, 0.25) is 0 Å². The van der Waals surface area contributed by atoms with E-state index in [1.54, 1.807) is 12.1 Å². The van der Waals surface area contributed by atoms with Crippen LogP contribution in [-0.2, 0) is 37.3 Å². The molecule has 0 amide bonds. The first-order valence-electron chi connectivity index (χ1n) is 4.68. The maximum Gasteiger partial charge on any atom is 0.296 e. The second-order valence-electron chi connectivity index (χ2n) is 3.56. The zero-order valence-corrected chi connectivity index (χ0v) is 11.9. The van der Waals surface area contributed by atoms with Crippen LogP contribution < -0.4 is 0 Å². The minimum atomic E-state index is -4.78. The maximum absolute atomic E-state index is 11.3. The number of fused-ring (bicyclic) bond motifs is 1. The van der Waals surface area contributed by atoms with E-state index >= 15 is 0 Å². The summed E-state index contributed by atoms with van der Waals surface area (Å²) in [6.45, 7) is 0. The Morgan fingerprint density at radius 3 is 1.89 bits per heavy atom. The van der Waals surface area contributed by atoms with Gasteiger partial charge in [-0.15, -0.1) is 0 Å². The molecule has 0 aromatic heterocycles. The molecular weight excluding hydrogens is 336 g/mol. The van der Waals surface area contributed by atoms with Crippen LogP contribution in [0.15, 0.2) is 46.2 Å². The number of rotatable bonds is 2. The first-order chi connectivity index (χ1) is 8.21. The Labute approximate surface area is 120 Å². The van der Waals surface area contributed by atoms with Crippen LogP contribution in [0, 0.1) is 0 Å². The van der Waals surface area contributed by atoms with E-state index in [2.05, 4.69) is 0 Å². The van der Waals surface area contributed by atoms with Crippen molar-refractivity contribution < 1.29 is 43.0 Å². The Kier molecular flexibility index (Phi) is 4.40. The Hall–Kier alpha value is -0.961. The molecule has 2 rings (SSSR count). The number of benzene rings is 2. The van der Waals surface area contributed by atoms with Gasteiger partial charge in [0, 0.05) is 22.5 Å². The molecule has 0 aliphatic carbocycles. The van der Waals surface area contributed by atoms with Crippen molar-refractivity contribution in [1.29, 1.82) is 0 Å². The summed E-state index contributed by atoms with van der Waals surface area (Å²) in [6, 6.07) is 8.28. The molecule has 0 fully saturated rings. The SMILES string of the molecule is O=S(=O)(O)c1ccc2ccccc2c1S(=O)(=O)O.[Fe]. The molecule has 0 spiro atoms. The number of hydrogen-bond donors (Lipinski definition) is 2. The van der Waals surface area contributed by atoms with Crippen LogP contribution >= 0.6 is 0 Å². The van der Waals surface area contributed by atoms with E-state index in [9.17, 15) is 16.8 Å². The predicted octanol–water partition coefficient (Wildman–Crippen LogP) is 1.33. The van der Waals surface area contributed by atoms with Gasteiger partial charge in [0.05, 0.1) is 0 Å². The largest absolute Gasteiger partial charge is 0.296 e. The summed E-state index contributed by atoms with van der Waals surface area (Å²) in [7, 11) is -9.53. The van der Waals surface area contributed by atoms with E-state index in [-0.39, 0.29) is 22.5 Å². The summed E-state index contributed by atoms with van der Waals surface area (Å²) in [6.07, 6.45) is 0. The second kappa shape index (κ2) is 5.20. The maximum atomic E-state index is 11.3. The van der Waals surface area contributed by atoms with Gasteiger partial charge in [-0.3, -0.25) is 9.11 Å². The fourth-order valence-corrected chi connectivity index (χ4v) is 3.69. The standard InChI is InChI=1S/C10H8O6S2.Fe/c11-17(12,13)9-6-5-7-3-1-2-4-8(7)10(9)18(14,15)16;/h1-6H,(H,11,12,13)(H,14,15,16);. The third-order valence-corrected chi connectivity index (χ3v) is 4.36. The van der Waals surface area contributed by atoms with Gasteiger partial charge in [0.2, 0.25) is 0 Å². The fourth-order valence-electron chi connectivity index (χ4n) is 1.69. The molecule has 0 saturated carbocycles. The molecule has 0 radical (unpaired) electrons. The number of hydrogen-bond acceptors (Lipinski definition) is 4. The van der Waals surface area contributed by atoms with Crippen molar-refractivity contribution in [2.45, 2.75) is 9.79 Å². The van der Waals surface area contributed by atoms with Crippen LogP contribution in [0.3, 0.4) is 0 Å². The van der Waals surface area contributed by atoms with Crippen LogP contribution in [0.1, 0.15) is 0 Å². The zero-order chi connectivity index (χ0) is 13.6. The summed E-state index contributed by atoms with van der Waals surface area (Å²) < 4.78 is 63.0. The van der Waals surface area contributed by atoms with Crippen LogP contribution in [0.4, 0.5) is 0 Å². The van der Waals surface area contributed by atoms with Gasteiger partial charge in [0.1, 0.15) is 9.79 Å². The van der Waals surface area contributed by atoms with Gasteiger partial charge in [0.15, 0.2) is 0 Å². The molecule has 0 unspecified atom stereocenters. The summed E-state index contributed by atoms with van der Waals surface area (Å²) in [5.41, 5.74) is 0. The van der Waals surface area contributed by atoms with Crippen molar-refractivity contribution in [2.75, 3.05) is 0 Å². The third-order valence-electron chi connectivity index (χ3n) is 2.38. The van der Waals surface area contributed by atoms with E-state index in [4.69, 9.17) is 9.11 Å². The molecule has 2 aromatic carbocycles. The first-order valence-corrected chi connectivity index (χ1v) is 7.56. The molecule has 6 nitrogen and oxygen atoms in total. The molecule has 104 valence electrons. The van der Waals surface area contributed by atoms with Crippen molar-refractivity contribution in [3.05, 3.63) is 36.4 Å². The van der Waals surface area contributed by atoms with E-state index in [0.29, 0.717) is 5.39 Å². The normalized spacial score (nSPS) is 12.1. The molecule has 0 bridgehead atoms. The summed E-state index contributed by atoms with van der Waals surface area (Å²) >= 11 is 0. The third kappa shape index (κ3) is 3.14. The topological polar surface area (TPSA) is 109 Å². The zero-order valence-electron chi connectivity index (χ0n) is 9.16. The van der Waals surface area contributed by atoms with Gasteiger partial charge in [0.25, 0.3) is 20.2 Å². The van der Waals surface area contributed by atoms with E-state index in [0.717, 1.165) is 6.07 Å². The molecule has 0 aliphatic heterocycles. The Morgan fingerprint density at radius 1 is 0.789 bits per heavy atom. The Balaban J connectivity index is 0.00000180. The minimum Gasteiger partial charge on any atom is -0.282 e. The molecule has 2 N–H and O–H groups in total. The smallest absolute Gasteiger partial charge is 0.282 e. The van der Waals surface area contributed by atoms with E-state index in [1.165, 1.54) is 18.2 Å². The van der Waals surface area contributed by atoms with Crippen molar-refractivity contribution in [1.82, 2.24) is 0 Å². The summed E-state index contributed by atoms with van der Waals surface area (Å²) in [4.78, 5) is -1.66.